The van der Waals surface area contributed by atoms with Crippen molar-refractivity contribution in [2.75, 3.05) is 18.4 Å². The summed E-state index contributed by atoms with van der Waals surface area (Å²) in [5, 5.41) is 0. The number of amides is 1. The van der Waals surface area contributed by atoms with E-state index in [9.17, 15) is 13.2 Å². The van der Waals surface area contributed by atoms with Crippen LogP contribution in [-0.4, -0.2) is 32.9 Å². The van der Waals surface area contributed by atoms with Gasteiger partial charge in [0.1, 0.15) is 5.75 Å². The largest absolute Gasteiger partial charge is 0.497 e. The monoisotopic (exact) mass is 448 g/mol. The fraction of sp³-hybridized carbons (Fsp3) is 0.160. The molecule has 3 aromatic carbocycles. The third-order valence-electron chi connectivity index (χ3n) is 5.39. The quantitative estimate of drug-likeness (QED) is 0.576. The number of nitrogens with one attached hydrogen (secondary N) is 1. The fourth-order valence-corrected chi connectivity index (χ4v) is 4.65. The summed E-state index contributed by atoms with van der Waals surface area (Å²) in [5.74, 6) is 0.588. The van der Waals surface area contributed by atoms with Gasteiger partial charge in [-0.15, -0.1) is 0 Å². The molecule has 164 valence electrons. The molecular weight excluding hydrogens is 424 g/mol. The van der Waals surface area contributed by atoms with Crippen LogP contribution >= 0.6 is 0 Å². The minimum Gasteiger partial charge on any atom is -0.497 e. The highest BCUT2D eigenvalue weighted by atomic mass is 32.2. The van der Waals surface area contributed by atoms with E-state index < -0.39 is 10.0 Å². The molecule has 1 amide bonds. The number of sulfonamides is 1. The molecule has 1 heterocycles. The van der Waals surface area contributed by atoms with Gasteiger partial charge in [-0.2, -0.15) is 0 Å². The standard InChI is InChI=1S/C25H24N2O4S/c1-31-23-11-9-22(10-12-23)26-32(29,30)24-13-6-19(7-14-24)8-15-25(28)27-17-16-20-4-2-3-5-21(20)18-27/h2-15,26H,16-18H2,1H3. The Morgan fingerprint density at radius 3 is 2.34 bits per heavy atom. The van der Waals surface area contributed by atoms with Gasteiger partial charge in [-0.1, -0.05) is 36.4 Å². The second-order valence-corrected chi connectivity index (χ2v) is 9.20. The average Bonchev–Trinajstić information content (AvgIpc) is 2.82. The summed E-state index contributed by atoms with van der Waals surface area (Å²) in [4.78, 5) is 14.5. The van der Waals surface area contributed by atoms with Crippen LogP contribution in [0.15, 0.2) is 83.8 Å². The summed E-state index contributed by atoms with van der Waals surface area (Å²) in [6.45, 7) is 1.29. The van der Waals surface area contributed by atoms with Crippen LogP contribution in [0.5, 0.6) is 5.75 Å². The lowest BCUT2D eigenvalue weighted by Crippen LogP contribution is -2.34. The lowest BCUT2D eigenvalue weighted by Gasteiger charge is -2.27. The van der Waals surface area contributed by atoms with E-state index in [4.69, 9.17) is 4.74 Å². The van der Waals surface area contributed by atoms with E-state index in [2.05, 4.69) is 16.9 Å². The minimum atomic E-state index is -3.72. The van der Waals surface area contributed by atoms with Crippen molar-refractivity contribution in [2.24, 2.45) is 0 Å². The zero-order valence-corrected chi connectivity index (χ0v) is 18.5. The predicted molar refractivity (Wildman–Crippen MR) is 125 cm³/mol. The molecular formula is C25H24N2O4S. The highest BCUT2D eigenvalue weighted by molar-refractivity contribution is 7.92. The lowest BCUT2D eigenvalue weighted by molar-refractivity contribution is -0.126. The van der Waals surface area contributed by atoms with Crippen LogP contribution in [0.3, 0.4) is 0 Å². The van der Waals surface area contributed by atoms with E-state index in [0.29, 0.717) is 24.5 Å². The lowest BCUT2D eigenvalue weighted by atomic mass is 10.00. The molecule has 1 N–H and O–H groups in total. The Bertz CT molecular complexity index is 1230. The maximum atomic E-state index is 12.6. The number of carbonyl (C=O) groups excluding carboxylic acids is 1. The van der Waals surface area contributed by atoms with Gasteiger partial charge in [0.05, 0.1) is 12.0 Å². The molecule has 0 radical (unpaired) electrons. The Hall–Kier alpha value is -3.58. The van der Waals surface area contributed by atoms with Crippen molar-refractivity contribution >= 4 is 27.7 Å². The summed E-state index contributed by atoms with van der Waals surface area (Å²) >= 11 is 0. The van der Waals surface area contributed by atoms with Crippen molar-refractivity contribution in [3.05, 3.63) is 95.6 Å². The number of benzene rings is 3. The van der Waals surface area contributed by atoms with Crippen molar-refractivity contribution in [1.29, 1.82) is 0 Å². The molecule has 0 spiro atoms. The first-order chi connectivity index (χ1) is 15.4. The summed E-state index contributed by atoms with van der Waals surface area (Å²) < 4.78 is 32.9. The number of nitrogens with zero attached hydrogens (tertiary/aromatic N) is 1. The van der Waals surface area contributed by atoms with E-state index in [0.717, 1.165) is 12.0 Å². The van der Waals surface area contributed by atoms with Crippen LogP contribution in [0.2, 0.25) is 0 Å². The summed E-state index contributed by atoms with van der Waals surface area (Å²) in [6, 6.07) is 21.2. The number of hydrogen-bond acceptors (Lipinski definition) is 4. The van der Waals surface area contributed by atoms with Gasteiger partial charge in [0, 0.05) is 24.9 Å². The molecule has 0 aromatic heterocycles. The maximum absolute atomic E-state index is 12.6. The zero-order valence-electron chi connectivity index (χ0n) is 17.7. The minimum absolute atomic E-state index is 0.0580. The Kier molecular flexibility index (Phi) is 6.28. The van der Waals surface area contributed by atoms with E-state index in [-0.39, 0.29) is 10.8 Å². The second kappa shape index (κ2) is 9.28. The van der Waals surface area contributed by atoms with Crippen molar-refractivity contribution in [2.45, 2.75) is 17.9 Å². The smallest absolute Gasteiger partial charge is 0.261 e. The average molecular weight is 449 g/mol. The van der Waals surface area contributed by atoms with Gasteiger partial charge in [0.15, 0.2) is 0 Å². The van der Waals surface area contributed by atoms with E-state index in [1.54, 1.807) is 49.6 Å². The van der Waals surface area contributed by atoms with Crippen molar-refractivity contribution in [3.8, 4) is 5.75 Å². The molecule has 0 aliphatic carbocycles. The summed E-state index contributed by atoms with van der Waals surface area (Å²) in [6.07, 6.45) is 4.09. The van der Waals surface area contributed by atoms with Crippen LogP contribution in [0.25, 0.3) is 6.08 Å². The van der Waals surface area contributed by atoms with Gasteiger partial charge < -0.3 is 9.64 Å². The summed E-state index contributed by atoms with van der Waals surface area (Å²) in [7, 11) is -2.17. The Balaban J connectivity index is 1.39. The number of fused-ring (bicyclic) bond motifs is 1. The molecule has 0 fully saturated rings. The Labute approximate surface area is 188 Å². The number of ether oxygens (including phenoxy) is 1. The molecule has 1 aliphatic heterocycles. The van der Waals surface area contributed by atoms with Crippen LogP contribution in [0.1, 0.15) is 16.7 Å². The number of hydrogen-bond donors (Lipinski definition) is 1. The van der Waals surface area contributed by atoms with Crippen molar-refractivity contribution < 1.29 is 17.9 Å². The SMILES string of the molecule is COc1ccc(NS(=O)(=O)c2ccc(C=CC(=O)N3CCc4ccccc4C3)cc2)cc1. The van der Waals surface area contributed by atoms with Gasteiger partial charge in [-0.25, -0.2) is 8.42 Å². The van der Waals surface area contributed by atoms with E-state index >= 15 is 0 Å². The summed E-state index contributed by atoms with van der Waals surface area (Å²) in [5.41, 5.74) is 3.67. The topological polar surface area (TPSA) is 75.7 Å². The predicted octanol–water partition coefficient (Wildman–Crippen LogP) is 4.09. The molecule has 0 atom stereocenters. The van der Waals surface area contributed by atoms with Gasteiger partial charge in [-0.05, 0) is 65.6 Å². The third kappa shape index (κ3) is 5.00. The third-order valence-corrected chi connectivity index (χ3v) is 6.79. The number of carbonyl (C=O) groups is 1. The van der Waals surface area contributed by atoms with Gasteiger partial charge in [-0.3, -0.25) is 9.52 Å². The second-order valence-electron chi connectivity index (χ2n) is 7.51. The number of anilines is 1. The van der Waals surface area contributed by atoms with Crippen LogP contribution < -0.4 is 9.46 Å². The first-order valence-electron chi connectivity index (χ1n) is 10.3. The van der Waals surface area contributed by atoms with Crippen LogP contribution in [-0.2, 0) is 27.8 Å². The molecule has 6 nitrogen and oxygen atoms in total. The van der Waals surface area contributed by atoms with Crippen molar-refractivity contribution in [1.82, 2.24) is 4.90 Å². The molecule has 0 unspecified atom stereocenters. The Morgan fingerprint density at radius 2 is 1.66 bits per heavy atom. The maximum Gasteiger partial charge on any atom is 0.261 e. The molecule has 0 saturated heterocycles. The molecule has 0 saturated carbocycles. The first kappa shape index (κ1) is 21.6. The fourth-order valence-electron chi connectivity index (χ4n) is 3.59. The normalized spacial score (nSPS) is 13.6. The molecule has 4 rings (SSSR count). The van der Waals surface area contributed by atoms with Crippen molar-refractivity contribution in [3.63, 3.8) is 0 Å². The van der Waals surface area contributed by atoms with E-state index in [1.807, 2.05) is 17.0 Å². The molecule has 0 bridgehead atoms. The highest BCUT2D eigenvalue weighted by Gasteiger charge is 2.18. The van der Waals surface area contributed by atoms with Crippen LogP contribution in [0.4, 0.5) is 5.69 Å². The Morgan fingerprint density at radius 1 is 0.969 bits per heavy atom. The molecule has 7 heteroatoms. The van der Waals surface area contributed by atoms with E-state index in [1.165, 1.54) is 29.3 Å². The molecule has 32 heavy (non-hydrogen) atoms. The zero-order chi connectivity index (χ0) is 22.6. The number of methoxy groups -OCH3 is 1. The van der Waals surface area contributed by atoms with Gasteiger partial charge in [0.2, 0.25) is 5.91 Å². The molecule has 3 aromatic rings. The van der Waals surface area contributed by atoms with Gasteiger partial charge in [0.25, 0.3) is 10.0 Å². The first-order valence-corrected chi connectivity index (χ1v) is 11.7. The highest BCUT2D eigenvalue weighted by Crippen LogP contribution is 2.21. The number of rotatable bonds is 6. The van der Waals surface area contributed by atoms with Gasteiger partial charge >= 0.3 is 0 Å². The molecule has 1 aliphatic rings. The van der Waals surface area contributed by atoms with Crippen LogP contribution in [0, 0.1) is 0 Å².